The number of hydrogen-bond donors (Lipinski definition) is 1. The van der Waals surface area contributed by atoms with Gasteiger partial charge in [0.25, 0.3) is 5.91 Å². The van der Waals surface area contributed by atoms with Gasteiger partial charge in [-0.3, -0.25) is 4.79 Å². The van der Waals surface area contributed by atoms with Crippen LogP contribution >= 0.6 is 0 Å². The molecule has 2 aromatic rings. The summed E-state index contributed by atoms with van der Waals surface area (Å²) in [6.45, 7) is 8.56. The molecule has 32 heavy (non-hydrogen) atoms. The Labute approximate surface area is 188 Å². The Balaban J connectivity index is 1.57. The van der Waals surface area contributed by atoms with E-state index in [9.17, 15) is 9.59 Å². The summed E-state index contributed by atoms with van der Waals surface area (Å²) >= 11 is 0. The lowest BCUT2D eigenvalue weighted by Crippen LogP contribution is -2.42. The zero-order chi connectivity index (χ0) is 23.1. The molecule has 0 unspecified atom stereocenters. The monoisotopic (exact) mass is 441 g/mol. The fourth-order valence-corrected chi connectivity index (χ4v) is 3.19. The van der Waals surface area contributed by atoms with Crippen molar-refractivity contribution in [3.63, 3.8) is 0 Å². The van der Waals surface area contributed by atoms with Crippen molar-refractivity contribution < 1.29 is 19.1 Å². The second-order valence-electron chi connectivity index (χ2n) is 8.77. The van der Waals surface area contributed by atoms with E-state index in [4.69, 9.17) is 9.47 Å². The van der Waals surface area contributed by atoms with Gasteiger partial charge in [0.2, 0.25) is 5.95 Å². The number of carbonyl (C=O) groups is 2. The molecule has 9 nitrogen and oxygen atoms in total. The molecular weight excluding hydrogens is 410 g/mol. The Kier molecular flexibility index (Phi) is 7.63. The van der Waals surface area contributed by atoms with Crippen molar-refractivity contribution in [2.24, 2.45) is 0 Å². The van der Waals surface area contributed by atoms with Gasteiger partial charge in [0.15, 0.2) is 6.61 Å². The van der Waals surface area contributed by atoms with Gasteiger partial charge in [0, 0.05) is 50.2 Å². The molecule has 1 aromatic heterocycles. The quantitative estimate of drug-likeness (QED) is 0.735. The van der Waals surface area contributed by atoms with Crippen molar-refractivity contribution in [2.45, 2.75) is 32.9 Å². The molecule has 1 fully saturated rings. The first-order valence-corrected chi connectivity index (χ1v) is 10.6. The van der Waals surface area contributed by atoms with Gasteiger partial charge in [-0.2, -0.15) is 0 Å². The summed E-state index contributed by atoms with van der Waals surface area (Å²) in [7, 11) is 1.68. The van der Waals surface area contributed by atoms with E-state index in [1.54, 1.807) is 7.05 Å². The molecule has 1 aliphatic heterocycles. The number of amides is 2. The molecule has 3 rings (SSSR count). The molecule has 2 heterocycles. The Morgan fingerprint density at radius 2 is 1.84 bits per heavy atom. The van der Waals surface area contributed by atoms with Gasteiger partial charge in [-0.1, -0.05) is 18.2 Å². The topological polar surface area (TPSA) is 96.9 Å². The number of rotatable bonds is 6. The third-order valence-electron chi connectivity index (χ3n) is 4.84. The van der Waals surface area contributed by atoms with Crippen molar-refractivity contribution in [3.8, 4) is 11.1 Å². The van der Waals surface area contributed by atoms with E-state index in [1.165, 1.54) is 4.90 Å². The Hall–Kier alpha value is -3.20. The number of anilines is 1. The predicted octanol–water partition coefficient (Wildman–Crippen LogP) is 2.46. The molecule has 0 radical (unpaired) electrons. The first-order valence-electron chi connectivity index (χ1n) is 10.6. The van der Waals surface area contributed by atoms with E-state index in [-0.39, 0.29) is 12.5 Å². The van der Waals surface area contributed by atoms with Gasteiger partial charge in [-0.05, 0) is 38.0 Å². The number of ether oxygens (including phenoxy) is 2. The maximum absolute atomic E-state index is 12.3. The summed E-state index contributed by atoms with van der Waals surface area (Å²) in [4.78, 5) is 36.7. The summed E-state index contributed by atoms with van der Waals surface area (Å²) in [5.74, 6) is 0.423. The number of carbonyl (C=O) groups excluding carboxylic acids is 2. The molecule has 172 valence electrons. The van der Waals surface area contributed by atoms with E-state index < -0.39 is 11.6 Å². The molecule has 0 saturated carbocycles. The second kappa shape index (κ2) is 10.4. The standard InChI is InChI=1S/C23H31N5O4/c1-23(2,3)26-22(30)32-16-20(29)27(4)15-17-6-5-7-18(12-17)19-13-24-21(25-14-19)28-8-10-31-11-9-28/h5-7,12-14H,8-11,15-16H2,1-4H3,(H,26,30). The zero-order valence-electron chi connectivity index (χ0n) is 19.1. The minimum Gasteiger partial charge on any atom is -0.439 e. The lowest BCUT2D eigenvalue weighted by molar-refractivity contribution is -0.133. The molecule has 0 atom stereocenters. The molecule has 2 amide bonds. The van der Waals surface area contributed by atoms with Gasteiger partial charge < -0.3 is 24.6 Å². The first-order chi connectivity index (χ1) is 15.2. The van der Waals surface area contributed by atoms with Crippen molar-refractivity contribution in [2.75, 3.05) is 44.9 Å². The van der Waals surface area contributed by atoms with Crippen LogP contribution in [0, 0.1) is 0 Å². The highest BCUT2D eigenvalue weighted by molar-refractivity contribution is 5.80. The maximum atomic E-state index is 12.3. The number of hydrogen-bond acceptors (Lipinski definition) is 7. The number of benzene rings is 1. The number of nitrogens with zero attached hydrogens (tertiary/aromatic N) is 4. The molecular formula is C23H31N5O4. The smallest absolute Gasteiger partial charge is 0.408 e. The SMILES string of the molecule is CN(Cc1cccc(-c2cnc(N3CCOCC3)nc2)c1)C(=O)COC(=O)NC(C)(C)C. The molecule has 1 aromatic carbocycles. The largest absolute Gasteiger partial charge is 0.439 e. The highest BCUT2D eigenvalue weighted by Gasteiger charge is 2.18. The lowest BCUT2D eigenvalue weighted by Gasteiger charge is -2.26. The molecule has 1 N–H and O–H groups in total. The number of alkyl carbamates (subject to hydrolysis) is 1. The molecule has 0 spiro atoms. The van der Waals surface area contributed by atoms with Crippen LogP contribution in [0.5, 0.6) is 0 Å². The van der Waals surface area contributed by atoms with Crippen LogP contribution in [-0.4, -0.2) is 72.4 Å². The predicted molar refractivity (Wildman–Crippen MR) is 121 cm³/mol. The van der Waals surface area contributed by atoms with Crippen LogP contribution in [0.15, 0.2) is 36.7 Å². The maximum Gasteiger partial charge on any atom is 0.408 e. The molecule has 1 aliphatic rings. The minimum atomic E-state index is -0.609. The minimum absolute atomic E-state index is 0.280. The Morgan fingerprint density at radius 3 is 2.50 bits per heavy atom. The van der Waals surface area contributed by atoms with Crippen LogP contribution in [0.2, 0.25) is 0 Å². The number of likely N-dealkylation sites (N-methyl/N-ethyl adjacent to an activating group) is 1. The molecule has 0 bridgehead atoms. The summed E-state index contributed by atoms with van der Waals surface area (Å²) < 4.78 is 10.4. The van der Waals surface area contributed by atoms with Crippen molar-refractivity contribution in [1.82, 2.24) is 20.2 Å². The van der Waals surface area contributed by atoms with Gasteiger partial charge in [0.1, 0.15) is 0 Å². The third kappa shape index (κ3) is 6.91. The fourth-order valence-electron chi connectivity index (χ4n) is 3.19. The van der Waals surface area contributed by atoms with Gasteiger partial charge in [-0.15, -0.1) is 0 Å². The summed E-state index contributed by atoms with van der Waals surface area (Å²) in [5.41, 5.74) is 2.41. The molecule has 1 saturated heterocycles. The van der Waals surface area contributed by atoms with Crippen LogP contribution < -0.4 is 10.2 Å². The van der Waals surface area contributed by atoms with Crippen LogP contribution in [0.4, 0.5) is 10.7 Å². The Bertz CT molecular complexity index is 921. The van der Waals surface area contributed by atoms with Gasteiger partial charge >= 0.3 is 6.09 Å². The molecule has 0 aliphatic carbocycles. The second-order valence-corrected chi connectivity index (χ2v) is 8.77. The van der Waals surface area contributed by atoms with Crippen LogP contribution in [0.1, 0.15) is 26.3 Å². The van der Waals surface area contributed by atoms with Crippen molar-refractivity contribution >= 4 is 17.9 Å². The number of morpholine rings is 1. The molecule has 9 heteroatoms. The summed E-state index contributed by atoms with van der Waals surface area (Å²) in [6.07, 6.45) is 3.02. The lowest BCUT2D eigenvalue weighted by atomic mass is 10.1. The van der Waals surface area contributed by atoms with Crippen LogP contribution in [-0.2, 0) is 20.8 Å². The first kappa shape index (κ1) is 23.5. The average molecular weight is 442 g/mol. The van der Waals surface area contributed by atoms with Crippen LogP contribution in [0.3, 0.4) is 0 Å². The van der Waals surface area contributed by atoms with Crippen molar-refractivity contribution in [3.05, 3.63) is 42.2 Å². The normalized spacial score (nSPS) is 14.1. The van der Waals surface area contributed by atoms with Crippen LogP contribution in [0.25, 0.3) is 11.1 Å². The third-order valence-corrected chi connectivity index (χ3v) is 4.84. The van der Waals surface area contributed by atoms with E-state index >= 15 is 0 Å². The van der Waals surface area contributed by atoms with E-state index in [0.29, 0.717) is 25.7 Å². The van der Waals surface area contributed by atoms with E-state index in [1.807, 2.05) is 57.4 Å². The fraction of sp³-hybridized carbons (Fsp3) is 0.478. The average Bonchev–Trinajstić information content (AvgIpc) is 2.77. The summed E-state index contributed by atoms with van der Waals surface area (Å²) in [6, 6.07) is 7.87. The van der Waals surface area contributed by atoms with Gasteiger partial charge in [-0.25, -0.2) is 14.8 Å². The highest BCUT2D eigenvalue weighted by atomic mass is 16.6. The number of aromatic nitrogens is 2. The van der Waals surface area contributed by atoms with E-state index in [0.717, 1.165) is 29.8 Å². The van der Waals surface area contributed by atoms with Gasteiger partial charge in [0.05, 0.1) is 13.2 Å². The van der Waals surface area contributed by atoms with E-state index in [2.05, 4.69) is 20.2 Å². The zero-order valence-corrected chi connectivity index (χ0v) is 19.1. The Morgan fingerprint density at radius 1 is 1.16 bits per heavy atom. The number of nitrogens with one attached hydrogen (secondary N) is 1. The van der Waals surface area contributed by atoms with Crippen molar-refractivity contribution in [1.29, 1.82) is 0 Å². The highest BCUT2D eigenvalue weighted by Crippen LogP contribution is 2.21. The summed E-state index contributed by atoms with van der Waals surface area (Å²) in [5, 5.41) is 2.66.